The van der Waals surface area contributed by atoms with E-state index >= 15 is 0 Å². The number of nitrogens with zero attached hydrogens (tertiary/aromatic N) is 3. The number of hydrogen-bond acceptors (Lipinski definition) is 5. The molecule has 2 aliphatic heterocycles. The molecule has 2 fully saturated rings. The summed E-state index contributed by atoms with van der Waals surface area (Å²) in [4.78, 5) is 17.2. The van der Waals surface area contributed by atoms with E-state index in [-0.39, 0.29) is 16.0 Å². The Kier molecular flexibility index (Phi) is 2.89. The van der Waals surface area contributed by atoms with Crippen molar-refractivity contribution in [3.8, 4) is 0 Å². The first-order chi connectivity index (χ1) is 9.11. The SMILES string of the molecule is Cc1ccnc(N2CC[C@@]3(CCOC3)C2)c1[N+](=O)[O-]. The van der Waals surface area contributed by atoms with E-state index in [0.717, 1.165) is 39.1 Å². The van der Waals surface area contributed by atoms with Crippen molar-refractivity contribution in [2.45, 2.75) is 19.8 Å². The lowest BCUT2D eigenvalue weighted by Gasteiger charge is -2.22. The molecular weight excluding hydrogens is 246 g/mol. The van der Waals surface area contributed by atoms with Crippen molar-refractivity contribution in [2.75, 3.05) is 31.2 Å². The van der Waals surface area contributed by atoms with Gasteiger partial charge in [0.2, 0.25) is 5.82 Å². The van der Waals surface area contributed by atoms with Crippen LogP contribution < -0.4 is 4.90 Å². The summed E-state index contributed by atoms with van der Waals surface area (Å²) >= 11 is 0. The second-order valence-electron chi connectivity index (χ2n) is 5.53. The van der Waals surface area contributed by atoms with Gasteiger partial charge in [-0.3, -0.25) is 10.1 Å². The number of pyridine rings is 1. The lowest BCUT2D eigenvalue weighted by atomic mass is 9.87. The van der Waals surface area contributed by atoms with E-state index < -0.39 is 0 Å². The third kappa shape index (κ3) is 2.06. The number of aryl methyl sites for hydroxylation is 1. The van der Waals surface area contributed by atoms with Gasteiger partial charge in [0.25, 0.3) is 0 Å². The summed E-state index contributed by atoms with van der Waals surface area (Å²) in [5, 5.41) is 11.2. The Labute approximate surface area is 111 Å². The number of rotatable bonds is 2. The van der Waals surface area contributed by atoms with Gasteiger partial charge in [-0.1, -0.05) is 0 Å². The van der Waals surface area contributed by atoms with Gasteiger partial charge in [0.15, 0.2) is 0 Å². The number of hydrogen-bond donors (Lipinski definition) is 0. The molecule has 0 amide bonds. The van der Waals surface area contributed by atoms with Crippen LogP contribution in [0.4, 0.5) is 11.5 Å². The average molecular weight is 263 g/mol. The zero-order valence-electron chi connectivity index (χ0n) is 11.0. The fourth-order valence-electron chi connectivity index (χ4n) is 3.08. The van der Waals surface area contributed by atoms with Crippen LogP contribution in [0.15, 0.2) is 12.3 Å². The highest BCUT2D eigenvalue weighted by Gasteiger charge is 2.43. The minimum Gasteiger partial charge on any atom is -0.381 e. The van der Waals surface area contributed by atoms with Gasteiger partial charge in [-0.15, -0.1) is 0 Å². The fraction of sp³-hybridized carbons (Fsp3) is 0.615. The van der Waals surface area contributed by atoms with Crippen LogP contribution in [0, 0.1) is 22.5 Å². The number of aromatic nitrogens is 1. The molecule has 0 aromatic carbocycles. The predicted octanol–water partition coefficient (Wildman–Crippen LogP) is 1.92. The quantitative estimate of drug-likeness (QED) is 0.602. The Morgan fingerprint density at radius 2 is 2.37 bits per heavy atom. The molecule has 3 rings (SSSR count). The monoisotopic (exact) mass is 263 g/mol. The molecule has 6 heteroatoms. The lowest BCUT2D eigenvalue weighted by molar-refractivity contribution is -0.384. The molecule has 1 spiro atoms. The number of ether oxygens (including phenoxy) is 1. The van der Waals surface area contributed by atoms with E-state index in [4.69, 9.17) is 4.74 Å². The molecular formula is C13H17N3O3. The minimum atomic E-state index is -0.326. The molecule has 2 saturated heterocycles. The molecule has 3 heterocycles. The minimum absolute atomic E-state index is 0.137. The number of anilines is 1. The van der Waals surface area contributed by atoms with Gasteiger partial charge in [-0.2, -0.15) is 0 Å². The summed E-state index contributed by atoms with van der Waals surface area (Å²) < 4.78 is 5.49. The van der Waals surface area contributed by atoms with Gasteiger partial charge in [-0.25, -0.2) is 4.98 Å². The van der Waals surface area contributed by atoms with Crippen LogP contribution in [-0.4, -0.2) is 36.2 Å². The Balaban J connectivity index is 1.91. The Morgan fingerprint density at radius 3 is 3.05 bits per heavy atom. The molecule has 0 radical (unpaired) electrons. The van der Waals surface area contributed by atoms with Gasteiger partial charge < -0.3 is 9.64 Å². The summed E-state index contributed by atoms with van der Waals surface area (Å²) in [5.41, 5.74) is 0.983. The van der Waals surface area contributed by atoms with Crippen molar-refractivity contribution in [2.24, 2.45) is 5.41 Å². The van der Waals surface area contributed by atoms with Crippen LogP contribution in [0.3, 0.4) is 0 Å². The molecule has 2 aliphatic rings. The van der Waals surface area contributed by atoms with Gasteiger partial charge in [-0.05, 0) is 25.8 Å². The zero-order valence-corrected chi connectivity index (χ0v) is 11.0. The Morgan fingerprint density at radius 1 is 1.53 bits per heavy atom. The molecule has 0 saturated carbocycles. The second kappa shape index (κ2) is 4.45. The van der Waals surface area contributed by atoms with E-state index in [1.165, 1.54) is 0 Å². The highest BCUT2D eigenvalue weighted by atomic mass is 16.6. The molecule has 6 nitrogen and oxygen atoms in total. The van der Waals surface area contributed by atoms with Crippen molar-refractivity contribution in [1.29, 1.82) is 0 Å². The summed E-state index contributed by atoms with van der Waals surface area (Å²) in [6.07, 6.45) is 3.72. The third-order valence-corrected chi connectivity index (χ3v) is 4.21. The van der Waals surface area contributed by atoms with E-state index in [0.29, 0.717) is 11.4 Å². The Bertz CT molecular complexity index is 512. The van der Waals surface area contributed by atoms with Crippen molar-refractivity contribution in [3.63, 3.8) is 0 Å². The van der Waals surface area contributed by atoms with Crippen LogP contribution in [0.2, 0.25) is 0 Å². The van der Waals surface area contributed by atoms with E-state index in [2.05, 4.69) is 4.98 Å². The van der Waals surface area contributed by atoms with Crippen LogP contribution in [0.5, 0.6) is 0 Å². The molecule has 1 atom stereocenters. The lowest BCUT2D eigenvalue weighted by Crippen LogP contribution is -2.28. The summed E-state index contributed by atoms with van der Waals surface area (Å²) in [6.45, 7) is 4.96. The molecule has 0 bridgehead atoms. The smallest absolute Gasteiger partial charge is 0.314 e. The first-order valence-corrected chi connectivity index (χ1v) is 6.54. The molecule has 19 heavy (non-hydrogen) atoms. The summed E-state index contributed by atoms with van der Waals surface area (Å²) in [7, 11) is 0. The molecule has 0 aliphatic carbocycles. The van der Waals surface area contributed by atoms with Crippen LogP contribution in [0.1, 0.15) is 18.4 Å². The van der Waals surface area contributed by atoms with Crippen LogP contribution >= 0.6 is 0 Å². The Hall–Kier alpha value is -1.69. The average Bonchev–Trinajstić information content (AvgIpc) is 2.99. The standard InChI is InChI=1S/C13H17N3O3/c1-10-2-5-14-12(11(10)16(17)18)15-6-3-13(8-15)4-7-19-9-13/h2,5H,3-4,6-9H2,1H3/t13-/m1/s1. The highest BCUT2D eigenvalue weighted by Crippen LogP contribution is 2.41. The maximum atomic E-state index is 11.2. The molecule has 102 valence electrons. The van der Waals surface area contributed by atoms with Crippen molar-refractivity contribution < 1.29 is 9.66 Å². The summed E-state index contributed by atoms with van der Waals surface area (Å²) in [5.74, 6) is 0.508. The first-order valence-electron chi connectivity index (χ1n) is 6.54. The van der Waals surface area contributed by atoms with Crippen molar-refractivity contribution in [1.82, 2.24) is 4.98 Å². The van der Waals surface area contributed by atoms with E-state index in [1.54, 1.807) is 19.2 Å². The van der Waals surface area contributed by atoms with Crippen molar-refractivity contribution in [3.05, 3.63) is 27.9 Å². The van der Waals surface area contributed by atoms with Gasteiger partial charge in [0.1, 0.15) is 0 Å². The first kappa shape index (κ1) is 12.3. The molecule has 1 aromatic rings. The predicted molar refractivity (Wildman–Crippen MR) is 70.3 cm³/mol. The van der Waals surface area contributed by atoms with Crippen LogP contribution in [0.25, 0.3) is 0 Å². The van der Waals surface area contributed by atoms with E-state index in [1.807, 2.05) is 4.90 Å². The van der Waals surface area contributed by atoms with Gasteiger partial charge >= 0.3 is 5.69 Å². The molecule has 1 aromatic heterocycles. The second-order valence-corrected chi connectivity index (χ2v) is 5.53. The van der Waals surface area contributed by atoms with Gasteiger partial charge in [0.05, 0.1) is 11.5 Å². The van der Waals surface area contributed by atoms with Crippen molar-refractivity contribution >= 4 is 11.5 Å². The maximum absolute atomic E-state index is 11.2. The highest BCUT2D eigenvalue weighted by molar-refractivity contribution is 5.62. The number of nitro groups is 1. The van der Waals surface area contributed by atoms with E-state index in [9.17, 15) is 10.1 Å². The summed E-state index contributed by atoms with van der Waals surface area (Å²) in [6, 6.07) is 1.69. The maximum Gasteiger partial charge on any atom is 0.314 e. The topological polar surface area (TPSA) is 68.5 Å². The third-order valence-electron chi connectivity index (χ3n) is 4.21. The largest absolute Gasteiger partial charge is 0.381 e. The van der Waals surface area contributed by atoms with Crippen LogP contribution in [-0.2, 0) is 4.74 Å². The van der Waals surface area contributed by atoms with Gasteiger partial charge in [0, 0.05) is 36.9 Å². The molecule has 0 unspecified atom stereocenters. The zero-order chi connectivity index (χ0) is 13.5. The molecule has 0 N–H and O–H groups in total. The fourth-order valence-corrected chi connectivity index (χ4v) is 3.08. The normalized spacial score (nSPS) is 26.3.